The number of nitro groups is 1. The molecule has 2 rings (SSSR count). The molecule has 0 saturated heterocycles. The third kappa shape index (κ3) is 2.19. The molecule has 0 fully saturated rings. The van der Waals surface area contributed by atoms with E-state index in [-0.39, 0.29) is 16.0 Å². The second-order valence-electron chi connectivity index (χ2n) is 6.17. The van der Waals surface area contributed by atoms with E-state index in [0.717, 1.165) is 17.8 Å². The Morgan fingerprint density at radius 3 is 2.67 bits per heavy atom. The van der Waals surface area contributed by atoms with E-state index in [9.17, 15) is 10.1 Å². The molecule has 18 heavy (non-hydrogen) atoms. The van der Waals surface area contributed by atoms with Gasteiger partial charge in [0.15, 0.2) is 0 Å². The molecule has 0 aliphatic carbocycles. The molecule has 1 aromatic rings. The zero-order chi connectivity index (χ0) is 13.5. The lowest BCUT2D eigenvalue weighted by molar-refractivity contribution is -0.384. The quantitative estimate of drug-likeness (QED) is 0.640. The molecule has 1 heterocycles. The molecule has 4 heteroatoms. The molecular weight excluding hydrogens is 228 g/mol. The Morgan fingerprint density at radius 1 is 1.44 bits per heavy atom. The maximum absolute atomic E-state index is 10.9. The van der Waals surface area contributed by atoms with Crippen LogP contribution in [0.15, 0.2) is 18.2 Å². The third-order valence-electron chi connectivity index (χ3n) is 4.13. The average Bonchev–Trinajstić information content (AvgIpc) is 2.68. The summed E-state index contributed by atoms with van der Waals surface area (Å²) in [5, 5.41) is 14.2. The highest BCUT2D eigenvalue weighted by Gasteiger charge is 2.34. The second-order valence-corrected chi connectivity index (χ2v) is 6.17. The molecule has 1 aliphatic rings. The number of anilines is 1. The van der Waals surface area contributed by atoms with Crippen LogP contribution < -0.4 is 5.32 Å². The van der Waals surface area contributed by atoms with Crippen molar-refractivity contribution in [2.75, 3.05) is 11.9 Å². The van der Waals surface area contributed by atoms with Crippen LogP contribution in [0.4, 0.5) is 11.4 Å². The maximum atomic E-state index is 10.9. The summed E-state index contributed by atoms with van der Waals surface area (Å²) in [6, 6.07) is 5.11. The van der Waals surface area contributed by atoms with E-state index in [4.69, 9.17) is 0 Å². The van der Waals surface area contributed by atoms with E-state index in [1.165, 1.54) is 0 Å². The predicted molar refractivity (Wildman–Crippen MR) is 72.9 cm³/mol. The van der Waals surface area contributed by atoms with Crippen LogP contribution in [0, 0.1) is 21.4 Å². The highest BCUT2D eigenvalue weighted by atomic mass is 16.6. The van der Waals surface area contributed by atoms with Crippen LogP contribution in [0.3, 0.4) is 0 Å². The fourth-order valence-corrected chi connectivity index (χ4v) is 2.51. The first-order valence-corrected chi connectivity index (χ1v) is 6.33. The Kier molecular flexibility index (Phi) is 3.05. The van der Waals surface area contributed by atoms with Gasteiger partial charge in [-0.3, -0.25) is 10.1 Å². The van der Waals surface area contributed by atoms with Crippen LogP contribution >= 0.6 is 0 Å². The molecular formula is C14H20N2O2. The van der Waals surface area contributed by atoms with Gasteiger partial charge >= 0.3 is 0 Å². The normalized spacial score (nSPS) is 20.1. The fourth-order valence-electron chi connectivity index (χ4n) is 2.51. The van der Waals surface area contributed by atoms with Crippen LogP contribution in [-0.4, -0.2) is 11.5 Å². The number of nitro benzene ring substituents is 1. The Labute approximate surface area is 108 Å². The first-order chi connectivity index (χ1) is 8.30. The molecule has 2 unspecified atom stereocenters. The molecule has 1 aliphatic heterocycles. The Balaban J connectivity index is 2.37. The first-order valence-electron chi connectivity index (χ1n) is 6.33. The van der Waals surface area contributed by atoms with Gasteiger partial charge in [-0.05, 0) is 23.0 Å². The molecule has 0 bridgehead atoms. The zero-order valence-electron chi connectivity index (χ0n) is 11.4. The smallest absolute Gasteiger partial charge is 0.269 e. The zero-order valence-corrected chi connectivity index (χ0v) is 11.4. The van der Waals surface area contributed by atoms with Crippen LogP contribution in [0.1, 0.15) is 39.2 Å². The summed E-state index contributed by atoms with van der Waals surface area (Å²) in [6.45, 7) is 9.74. The van der Waals surface area contributed by atoms with Crippen LogP contribution in [0.2, 0.25) is 0 Å². The van der Waals surface area contributed by atoms with Gasteiger partial charge in [-0.25, -0.2) is 0 Å². The first kappa shape index (κ1) is 12.9. The summed E-state index contributed by atoms with van der Waals surface area (Å²) in [6.07, 6.45) is 0. The van der Waals surface area contributed by atoms with E-state index in [0.29, 0.717) is 11.8 Å². The number of non-ortho nitro benzene ring substituents is 1. The van der Waals surface area contributed by atoms with Gasteiger partial charge in [-0.1, -0.05) is 27.7 Å². The van der Waals surface area contributed by atoms with Crippen LogP contribution in [0.25, 0.3) is 0 Å². The highest BCUT2D eigenvalue weighted by Crippen LogP contribution is 2.44. The lowest BCUT2D eigenvalue weighted by Gasteiger charge is -2.32. The average molecular weight is 248 g/mol. The number of nitrogens with one attached hydrogen (secondary N) is 1. The molecule has 4 nitrogen and oxygen atoms in total. The van der Waals surface area contributed by atoms with E-state index < -0.39 is 0 Å². The SMILES string of the molecule is CC(C1CNc2ccc([N+](=O)[O-])cc21)C(C)(C)C. The monoisotopic (exact) mass is 248 g/mol. The van der Waals surface area contributed by atoms with Gasteiger partial charge < -0.3 is 5.32 Å². The second kappa shape index (κ2) is 4.26. The number of fused-ring (bicyclic) bond motifs is 1. The summed E-state index contributed by atoms with van der Waals surface area (Å²) >= 11 is 0. The van der Waals surface area contributed by atoms with Gasteiger partial charge in [-0.15, -0.1) is 0 Å². The predicted octanol–water partition coefficient (Wildman–Crippen LogP) is 3.79. The van der Waals surface area contributed by atoms with Crippen molar-refractivity contribution in [3.63, 3.8) is 0 Å². The molecule has 0 spiro atoms. The van der Waals surface area contributed by atoms with E-state index in [2.05, 4.69) is 33.0 Å². The topological polar surface area (TPSA) is 55.2 Å². The van der Waals surface area contributed by atoms with Crippen molar-refractivity contribution >= 4 is 11.4 Å². The number of nitrogens with zero attached hydrogens (tertiary/aromatic N) is 1. The third-order valence-corrected chi connectivity index (χ3v) is 4.13. The molecule has 98 valence electrons. The van der Waals surface area contributed by atoms with Crippen molar-refractivity contribution in [2.24, 2.45) is 11.3 Å². The minimum atomic E-state index is -0.322. The summed E-state index contributed by atoms with van der Waals surface area (Å²) in [7, 11) is 0. The summed E-state index contributed by atoms with van der Waals surface area (Å²) < 4.78 is 0. The van der Waals surface area contributed by atoms with Crippen molar-refractivity contribution in [3.05, 3.63) is 33.9 Å². The van der Waals surface area contributed by atoms with E-state index in [1.54, 1.807) is 12.1 Å². The van der Waals surface area contributed by atoms with Crippen molar-refractivity contribution in [3.8, 4) is 0 Å². The lowest BCUT2D eigenvalue weighted by Crippen LogP contribution is -2.25. The van der Waals surface area contributed by atoms with Crippen molar-refractivity contribution < 1.29 is 4.92 Å². The Morgan fingerprint density at radius 2 is 2.11 bits per heavy atom. The summed E-state index contributed by atoms with van der Waals surface area (Å²) in [4.78, 5) is 10.5. The fraction of sp³-hybridized carbons (Fsp3) is 0.571. The van der Waals surface area contributed by atoms with E-state index in [1.807, 2.05) is 6.07 Å². The molecule has 2 atom stereocenters. The van der Waals surface area contributed by atoms with Gasteiger partial charge in [-0.2, -0.15) is 0 Å². The molecule has 0 saturated carbocycles. The molecule has 1 aromatic carbocycles. The van der Waals surface area contributed by atoms with Gasteiger partial charge in [0.25, 0.3) is 5.69 Å². The van der Waals surface area contributed by atoms with Gasteiger partial charge in [0.1, 0.15) is 0 Å². The van der Waals surface area contributed by atoms with E-state index >= 15 is 0 Å². The van der Waals surface area contributed by atoms with Crippen LogP contribution in [-0.2, 0) is 0 Å². The molecule has 1 N–H and O–H groups in total. The minimum absolute atomic E-state index is 0.184. The Hall–Kier alpha value is -1.58. The minimum Gasteiger partial charge on any atom is -0.384 e. The number of hydrogen-bond donors (Lipinski definition) is 1. The lowest BCUT2D eigenvalue weighted by atomic mass is 9.72. The van der Waals surface area contributed by atoms with Gasteiger partial charge in [0, 0.05) is 30.3 Å². The van der Waals surface area contributed by atoms with Crippen LogP contribution in [0.5, 0.6) is 0 Å². The standard InChI is InChI=1S/C14H20N2O2/c1-9(14(2,3)4)12-8-15-13-6-5-10(16(17)18)7-11(12)13/h5-7,9,12,15H,8H2,1-4H3. The molecule has 0 amide bonds. The van der Waals surface area contributed by atoms with Crippen molar-refractivity contribution in [1.29, 1.82) is 0 Å². The number of hydrogen-bond acceptors (Lipinski definition) is 3. The summed E-state index contributed by atoms with van der Waals surface area (Å²) in [5.74, 6) is 0.813. The van der Waals surface area contributed by atoms with Crippen molar-refractivity contribution in [2.45, 2.75) is 33.6 Å². The molecule has 0 radical (unpaired) electrons. The molecule has 0 aromatic heterocycles. The summed E-state index contributed by atoms with van der Waals surface area (Å²) in [5.41, 5.74) is 2.51. The van der Waals surface area contributed by atoms with Crippen molar-refractivity contribution in [1.82, 2.24) is 0 Å². The number of rotatable bonds is 2. The van der Waals surface area contributed by atoms with Gasteiger partial charge in [0.05, 0.1) is 4.92 Å². The maximum Gasteiger partial charge on any atom is 0.269 e. The number of benzene rings is 1. The Bertz CT molecular complexity index is 477. The largest absolute Gasteiger partial charge is 0.384 e. The highest BCUT2D eigenvalue weighted by molar-refractivity contribution is 5.61. The van der Waals surface area contributed by atoms with Gasteiger partial charge in [0.2, 0.25) is 0 Å².